The number of nitrogens with zero attached hydrogens (tertiary/aromatic N) is 1. The number of methoxy groups -OCH3 is 1. The number of benzene rings is 2. The van der Waals surface area contributed by atoms with Crippen LogP contribution in [0.2, 0.25) is 0 Å². The maximum absolute atomic E-state index is 12.4. The summed E-state index contributed by atoms with van der Waals surface area (Å²) in [6.07, 6.45) is 0.108. The Labute approximate surface area is 163 Å². The van der Waals surface area contributed by atoms with E-state index in [-0.39, 0.29) is 24.8 Å². The number of aryl methyl sites for hydroxylation is 2. The number of carbonyl (C=O) groups is 3. The number of carbonyl (C=O) groups excluding carboxylic acids is 3. The zero-order valence-corrected chi connectivity index (χ0v) is 16.1. The normalized spacial score (nSPS) is 16.0. The van der Waals surface area contributed by atoms with E-state index < -0.39 is 11.8 Å². The number of hydrazine groups is 1. The first-order valence-electron chi connectivity index (χ1n) is 9.01. The minimum Gasteiger partial charge on any atom is -0.497 e. The van der Waals surface area contributed by atoms with Crippen LogP contribution in [0.5, 0.6) is 5.75 Å². The summed E-state index contributed by atoms with van der Waals surface area (Å²) in [5.41, 5.74) is 8.21. The Morgan fingerprint density at radius 2 is 1.75 bits per heavy atom. The number of rotatable bonds is 4. The van der Waals surface area contributed by atoms with E-state index in [9.17, 15) is 14.4 Å². The molecule has 1 aliphatic heterocycles. The minimum atomic E-state index is -0.523. The Kier molecular flexibility index (Phi) is 5.63. The summed E-state index contributed by atoms with van der Waals surface area (Å²) in [6, 6.07) is 12.3. The van der Waals surface area contributed by atoms with E-state index in [1.807, 2.05) is 32.0 Å². The van der Waals surface area contributed by atoms with Gasteiger partial charge in [0.15, 0.2) is 0 Å². The molecule has 7 heteroatoms. The highest BCUT2D eigenvalue weighted by atomic mass is 16.5. The molecular weight excluding hydrogens is 358 g/mol. The van der Waals surface area contributed by atoms with Crippen LogP contribution in [0, 0.1) is 19.8 Å². The van der Waals surface area contributed by atoms with E-state index in [1.165, 1.54) is 0 Å². The van der Waals surface area contributed by atoms with Gasteiger partial charge in [-0.1, -0.05) is 6.07 Å². The highest BCUT2D eigenvalue weighted by molar-refractivity contribution is 6.01. The lowest BCUT2D eigenvalue weighted by Gasteiger charge is -2.18. The van der Waals surface area contributed by atoms with Crippen molar-refractivity contribution in [2.45, 2.75) is 20.3 Å². The maximum Gasteiger partial charge on any atom is 0.269 e. The molecule has 0 saturated carbocycles. The van der Waals surface area contributed by atoms with Crippen LogP contribution in [-0.4, -0.2) is 31.4 Å². The van der Waals surface area contributed by atoms with Crippen LogP contribution in [0.15, 0.2) is 42.5 Å². The topological polar surface area (TPSA) is 87.7 Å². The van der Waals surface area contributed by atoms with Gasteiger partial charge in [-0.2, -0.15) is 0 Å². The van der Waals surface area contributed by atoms with Gasteiger partial charge in [0.1, 0.15) is 5.75 Å². The van der Waals surface area contributed by atoms with Crippen molar-refractivity contribution < 1.29 is 19.1 Å². The molecule has 0 unspecified atom stereocenters. The minimum absolute atomic E-state index is 0.107. The molecule has 2 aromatic carbocycles. The first-order chi connectivity index (χ1) is 13.4. The van der Waals surface area contributed by atoms with Gasteiger partial charge in [0.2, 0.25) is 11.8 Å². The van der Waals surface area contributed by atoms with Crippen molar-refractivity contribution in [3.8, 4) is 5.75 Å². The molecule has 0 spiro atoms. The van der Waals surface area contributed by atoms with Gasteiger partial charge in [0.05, 0.1) is 13.0 Å². The van der Waals surface area contributed by atoms with E-state index in [2.05, 4.69) is 10.9 Å². The van der Waals surface area contributed by atoms with Gasteiger partial charge in [-0.25, -0.2) is 0 Å². The van der Waals surface area contributed by atoms with Gasteiger partial charge in [-0.3, -0.25) is 25.2 Å². The lowest BCUT2D eigenvalue weighted by Crippen LogP contribution is -2.45. The predicted octanol–water partition coefficient (Wildman–Crippen LogP) is 2.13. The van der Waals surface area contributed by atoms with Crippen molar-refractivity contribution in [3.63, 3.8) is 0 Å². The largest absolute Gasteiger partial charge is 0.497 e. The molecule has 7 nitrogen and oxygen atoms in total. The number of anilines is 1. The lowest BCUT2D eigenvalue weighted by molar-refractivity contribution is -0.126. The number of amides is 3. The third kappa shape index (κ3) is 4.14. The van der Waals surface area contributed by atoms with Gasteiger partial charge in [-0.15, -0.1) is 0 Å². The molecule has 146 valence electrons. The van der Waals surface area contributed by atoms with Crippen LogP contribution < -0.4 is 20.5 Å². The zero-order chi connectivity index (χ0) is 20.3. The Bertz CT molecular complexity index is 908. The molecule has 0 aliphatic carbocycles. The van der Waals surface area contributed by atoms with Gasteiger partial charge < -0.3 is 9.64 Å². The fourth-order valence-electron chi connectivity index (χ4n) is 3.06. The molecular formula is C21H23N3O4. The third-order valence-electron chi connectivity index (χ3n) is 4.95. The third-order valence-corrected chi connectivity index (χ3v) is 4.95. The molecule has 3 rings (SSSR count). The van der Waals surface area contributed by atoms with Crippen LogP contribution in [0.3, 0.4) is 0 Å². The second-order valence-electron chi connectivity index (χ2n) is 6.85. The van der Waals surface area contributed by atoms with E-state index in [0.717, 1.165) is 16.8 Å². The molecule has 0 aromatic heterocycles. The van der Waals surface area contributed by atoms with E-state index in [0.29, 0.717) is 11.3 Å². The Hall–Kier alpha value is -3.35. The smallest absolute Gasteiger partial charge is 0.269 e. The Morgan fingerprint density at radius 1 is 1.04 bits per heavy atom. The molecule has 2 aromatic rings. The second kappa shape index (κ2) is 8.12. The van der Waals surface area contributed by atoms with Crippen LogP contribution >= 0.6 is 0 Å². The molecule has 1 atom stereocenters. The fourth-order valence-corrected chi connectivity index (χ4v) is 3.06. The summed E-state index contributed by atoms with van der Waals surface area (Å²) in [4.78, 5) is 38.5. The van der Waals surface area contributed by atoms with Crippen LogP contribution in [0.25, 0.3) is 0 Å². The highest BCUT2D eigenvalue weighted by Gasteiger charge is 2.35. The molecule has 1 heterocycles. The average Bonchev–Trinajstić information content (AvgIpc) is 3.09. The monoisotopic (exact) mass is 381 g/mol. The molecule has 1 saturated heterocycles. The molecule has 1 aliphatic rings. The van der Waals surface area contributed by atoms with Crippen molar-refractivity contribution in [1.29, 1.82) is 0 Å². The van der Waals surface area contributed by atoms with Gasteiger partial charge in [0.25, 0.3) is 5.91 Å². The van der Waals surface area contributed by atoms with Gasteiger partial charge >= 0.3 is 0 Å². The van der Waals surface area contributed by atoms with Gasteiger partial charge in [-0.05, 0) is 61.4 Å². The highest BCUT2D eigenvalue weighted by Crippen LogP contribution is 2.26. The number of hydrogen-bond acceptors (Lipinski definition) is 4. The van der Waals surface area contributed by atoms with E-state index >= 15 is 0 Å². The SMILES string of the molecule is COc1ccc(C(=O)NNC(=O)[C@@H]2CC(=O)N(c3ccc(C)c(C)c3)C2)cc1. The molecule has 2 N–H and O–H groups in total. The number of hydrogen-bond donors (Lipinski definition) is 2. The summed E-state index contributed by atoms with van der Waals surface area (Å²) in [6.45, 7) is 4.27. The number of ether oxygens (including phenoxy) is 1. The fraction of sp³-hybridized carbons (Fsp3) is 0.286. The first kappa shape index (κ1) is 19.4. The van der Waals surface area contributed by atoms with Crippen LogP contribution in [-0.2, 0) is 9.59 Å². The van der Waals surface area contributed by atoms with Crippen molar-refractivity contribution >= 4 is 23.4 Å². The Morgan fingerprint density at radius 3 is 2.39 bits per heavy atom. The molecule has 3 amide bonds. The quantitative estimate of drug-likeness (QED) is 0.794. The van der Waals surface area contributed by atoms with E-state index in [4.69, 9.17) is 4.74 Å². The van der Waals surface area contributed by atoms with Crippen molar-refractivity contribution in [2.75, 3.05) is 18.6 Å². The molecule has 1 fully saturated rings. The lowest BCUT2D eigenvalue weighted by atomic mass is 10.1. The van der Waals surface area contributed by atoms with Crippen molar-refractivity contribution in [3.05, 3.63) is 59.2 Å². The predicted molar refractivity (Wildman–Crippen MR) is 105 cm³/mol. The zero-order valence-electron chi connectivity index (χ0n) is 16.1. The van der Waals surface area contributed by atoms with E-state index in [1.54, 1.807) is 36.3 Å². The summed E-state index contributed by atoms with van der Waals surface area (Å²) in [7, 11) is 1.54. The molecule has 0 bridgehead atoms. The summed E-state index contributed by atoms with van der Waals surface area (Å²) in [5, 5.41) is 0. The summed E-state index contributed by atoms with van der Waals surface area (Å²) in [5.74, 6) is -0.820. The molecule has 0 radical (unpaired) electrons. The first-order valence-corrected chi connectivity index (χ1v) is 9.01. The molecule has 28 heavy (non-hydrogen) atoms. The second-order valence-corrected chi connectivity index (χ2v) is 6.85. The van der Waals surface area contributed by atoms with Crippen LogP contribution in [0.4, 0.5) is 5.69 Å². The van der Waals surface area contributed by atoms with Crippen LogP contribution in [0.1, 0.15) is 27.9 Å². The standard InChI is InChI=1S/C21H23N3O4/c1-13-4-7-17(10-14(13)2)24-12-16(11-19(24)25)21(27)23-22-20(26)15-5-8-18(28-3)9-6-15/h4-10,16H,11-12H2,1-3H3,(H,22,26)(H,23,27)/t16-/m1/s1. The van der Waals surface area contributed by atoms with Crippen molar-refractivity contribution in [2.24, 2.45) is 5.92 Å². The van der Waals surface area contributed by atoms with Gasteiger partial charge in [0, 0.05) is 24.2 Å². The van der Waals surface area contributed by atoms with Crippen molar-refractivity contribution in [1.82, 2.24) is 10.9 Å². The number of nitrogens with one attached hydrogen (secondary N) is 2. The summed E-state index contributed by atoms with van der Waals surface area (Å²) < 4.78 is 5.05. The summed E-state index contributed by atoms with van der Waals surface area (Å²) >= 11 is 0. The average molecular weight is 381 g/mol. The Balaban J connectivity index is 1.58. The maximum atomic E-state index is 12.4.